The lowest BCUT2D eigenvalue weighted by Gasteiger charge is -2.13. The molecule has 110 valence electrons. The van der Waals surface area contributed by atoms with E-state index in [1.54, 1.807) is 19.2 Å². The Hall–Kier alpha value is -2.90. The lowest BCUT2D eigenvalue weighted by molar-refractivity contribution is -0.384. The van der Waals surface area contributed by atoms with E-state index in [-0.39, 0.29) is 23.0 Å². The number of benzene rings is 1. The number of hydrogen-bond donors (Lipinski definition) is 2. The largest absolute Gasteiger partial charge is 0.506 e. The zero-order chi connectivity index (χ0) is 15.6. The summed E-state index contributed by atoms with van der Waals surface area (Å²) >= 11 is 0. The Kier molecular flexibility index (Phi) is 3.88. The predicted molar refractivity (Wildman–Crippen MR) is 75.1 cm³/mol. The van der Waals surface area contributed by atoms with E-state index in [0.717, 1.165) is 11.8 Å². The number of carbonyl (C=O) groups excluding carboxylic acids is 1. The van der Waals surface area contributed by atoms with E-state index in [1.807, 2.05) is 6.92 Å². The van der Waals surface area contributed by atoms with Crippen LogP contribution >= 0.6 is 0 Å². The number of phenolic OH excluding ortho intramolecular Hbond substituents is 1. The Labute approximate surface area is 120 Å². The number of non-ortho nitro benzene ring substituents is 1. The molecular weight excluding hydrogens is 276 g/mol. The van der Waals surface area contributed by atoms with Crippen LogP contribution in [0.3, 0.4) is 0 Å². The van der Waals surface area contributed by atoms with Gasteiger partial charge in [-0.25, -0.2) is 0 Å². The third-order valence-electron chi connectivity index (χ3n) is 2.97. The van der Waals surface area contributed by atoms with Gasteiger partial charge in [-0.05, 0) is 26.0 Å². The first kappa shape index (κ1) is 14.5. The van der Waals surface area contributed by atoms with E-state index >= 15 is 0 Å². The lowest BCUT2D eigenvalue weighted by Crippen LogP contribution is -2.24. The molecule has 0 saturated heterocycles. The van der Waals surface area contributed by atoms with Crippen LogP contribution in [0.5, 0.6) is 5.75 Å². The Morgan fingerprint density at radius 3 is 2.71 bits per heavy atom. The van der Waals surface area contributed by atoms with Gasteiger partial charge in [0.05, 0.1) is 22.4 Å². The Balaban J connectivity index is 2.14. The summed E-state index contributed by atoms with van der Waals surface area (Å²) in [6, 6.07) is 4.67. The molecule has 2 N–H and O–H groups in total. The van der Waals surface area contributed by atoms with Crippen molar-refractivity contribution in [1.82, 2.24) is 9.78 Å². The molecule has 0 spiro atoms. The molecule has 0 bridgehead atoms. The highest BCUT2D eigenvalue weighted by Gasteiger charge is 2.18. The van der Waals surface area contributed by atoms with Gasteiger partial charge in [0.1, 0.15) is 11.8 Å². The first-order valence-electron chi connectivity index (χ1n) is 6.18. The van der Waals surface area contributed by atoms with Crippen molar-refractivity contribution in [3.8, 4) is 5.75 Å². The highest BCUT2D eigenvalue weighted by atomic mass is 16.6. The zero-order valence-electron chi connectivity index (χ0n) is 11.5. The van der Waals surface area contributed by atoms with Crippen molar-refractivity contribution in [2.45, 2.75) is 19.9 Å². The number of phenols is 1. The predicted octanol–water partition coefficient (Wildman–Crippen LogP) is 2.01. The van der Waals surface area contributed by atoms with Gasteiger partial charge in [0.25, 0.3) is 5.69 Å². The van der Waals surface area contributed by atoms with Crippen molar-refractivity contribution in [2.75, 3.05) is 5.32 Å². The maximum Gasteiger partial charge on any atom is 0.273 e. The fraction of sp³-hybridized carbons (Fsp3) is 0.231. The number of nitro groups is 1. The van der Waals surface area contributed by atoms with Crippen molar-refractivity contribution in [3.05, 3.63) is 46.3 Å². The van der Waals surface area contributed by atoms with Gasteiger partial charge in [0, 0.05) is 12.3 Å². The molecule has 0 aliphatic carbocycles. The molecule has 1 atom stereocenters. The summed E-state index contributed by atoms with van der Waals surface area (Å²) in [6.07, 6.45) is 1.68. The van der Waals surface area contributed by atoms with E-state index in [9.17, 15) is 20.0 Å². The van der Waals surface area contributed by atoms with Gasteiger partial charge in [-0.3, -0.25) is 19.6 Å². The summed E-state index contributed by atoms with van der Waals surface area (Å²) in [5.74, 6) is -0.747. The molecular formula is C13H14N4O4. The second-order valence-corrected chi connectivity index (χ2v) is 4.56. The van der Waals surface area contributed by atoms with Crippen molar-refractivity contribution < 1.29 is 14.8 Å². The topological polar surface area (TPSA) is 110 Å². The number of nitro benzene ring substituents is 1. The molecule has 1 heterocycles. The first-order valence-corrected chi connectivity index (χ1v) is 6.18. The van der Waals surface area contributed by atoms with Gasteiger partial charge in [-0.15, -0.1) is 0 Å². The van der Waals surface area contributed by atoms with Crippen LogP contribution in [-0.2, 0) is 4.79 Å². The minimum atomic E-state index is -0.625. The Morgan fingerprint density at radius 2 is 2.19 bits per heavy atom. The van der Waals surface area contributed by atoms with Gasteiger partial charge in [-0.2, -0.15) is 5.10 Å². The van der Waals surface area contributed by atoms with Gasteiger partial charge >= 0.3 is 0 Å². The van der Waals surface area contributed by atoms with E-state index in [4.69, 9.17) is 0 Å². The second kappa shape index (κ2) is 5.61. The summed E-state index contributed by atoms with van der Waals surface area (Å²) in [5.41, 5.74) is 0.649. The van der Waals surface area contributed by atoms with Crippen molar-refractivity contribution in [3.63, 3.8) is 0 Å². The highest BCUT2D eigenvalue weighted by Crippen LogP contribution is 2.28. The summed E-state index contributed by atoms with van der Waals surface area (Å²) < 4.78 is 1.49. The number of hydrogen-bond acceptors (Lipinski definition) is 5. The molecule has 1 aromatic heterocycles. The molecule has 21 heavy (non-hydrogen) atoms. The summed E-state index contributed by atoms with van der Waals surface area (Å²) in [5, 5.41) is 26.9. The van der Waals surface area contributed by atoms with Gasteiger partial charge < -0.3 is 10.4 Å². The minimum Gasteiger partial charge on any atom is -0.506 e. The molecule has 1 amide bonds. The smallest absolute Gasteiger partial charge is 0.273 e. The normalized spacial score (nSPS) is 11.9. The average Bonchev–Trinajstić information content (AvgIpc) is 2.86. The number of carbonyl (C=O) groups is 1. The van der Waals surface area contributed by atoms with Gasteiger partial charge in [0.15, 0.2) is 0 Å². The second-order valence-electron chi connectivity index (χ2n) is 4.56. The fourth-order valence-electron chi connectivity index (χ4n) is 1.75. The van der Waals surface area contributed by atoms with E-state index in [0.29, 0.717) is 0 Å². The van der Waals surface area contributed by atoms with Gasteiger partial charge in [0.2, 0.25) is 5.91 Å². The lowest BCUT2D eigenvalue weighted by atomic mass is 10.2. The fourth-order valence-corrected chi connectivity index (χ4v) is 1.75. The number of anilines is 1. The third kappa shape index (κ3) is 3.16. The molecule has 0 saturated carbocycles. The maximum atomic E-state index is 12.1. The van der Waals surface area contributed by atoms with Crippen LogP contribution in [0, 0.1) is 17.0 Å². The molecule has 8 nitrogen and oxygen atoms in total. The van der Waals surface area contributed by atoms with Crippen LogP contribution in [0.1, 0.15) is 18.7 Å². The minimum absolute atomic E-state index is 0.112. The monoisotopic (exact) mass is 290 g/mol. The quantitative estimate of drug-likeness (QED) is 0.508. The molecule has 2 aromatic rings. The average molecular weight is 290 g/mol. The first-order chi connectivity index (χ1) is 9.88. The van der Waals surface area contributed by atoms with Crippen molar-refractivity contribution in [1.29, 1.82) is 0 Å². The van der Waals surface area contributed by atoms with Gasteiger partial charge in [-0.1, -0.05) is 0 Å². The number of amides is 1. The van der Waals surface area contributed by atoms with Crippen LogP contribution in [0.4, 0.5) is 11.4 Å². The Bertz CT molecular complexity index is 695. The molecule has 0 aliphatic rings. The van der Waals surface area contributed by atoms with Crippen LogP contribution < -0.4 is 5.32 Å². The number of nitrogens with zero attached hydrogens (tertiary/aromatic N) is 3. The summed E-state index contributed by atoms with van der Waals surface area (Å²) in [6.45, 7) is 3.47. The van der Waals surface area contributed by atoms with E-state index in [1.165, 1.54) is 16.8 Å². The highest BCUT2D eigenvalue weighted by molar-refractivity contribution is 5.94. The van der Waals surface area contributed by atoms with E-state index < -0.39 is 11.0 Å². The number of aromatic nitrogens is 2. The van der Waals surface area contributed by atoms with Crippen LogP contribution in [0.2, 0.25) is 0 Å². The number of aromatic hydroxyl groups is 1. The zero-order valence-corrected chi connectivity index (χ0v) is 11.5. The standard InChI is InChI=1S/C13H14N4O4/c1-8-5-6-16(15-8)9(2)13(19)14-11-4-3-10(17(20)21)7-12(11)18/h3-7,9,18H,1-2H3,(H,14,19). The van der Waals surface area contributed by atoms with Crippen LogP contribution in [0.25, 0.3) is 0 Å². The molecule has 8 heteroatoms. The number of aryl methyl sites for hydroxylation is 1. The molecule has 1 unspecified atom stereocenters. The third-order valence-corrected chi connectivity index (χ3v) is 2.97. The number of rotatable bonds is 4. The van der Waals surface area contributed by atoms with E-state index in [2.05, 4.69) is 10.4 Å². The maximum absolute atomic E-state index is 12.1. The molecule has 0 fully saturated rings. The summed E-state index contributed by atoms with van der Waals surface area (Å²) in [4.78, 5) is 22.0. The van der Waals surface area contributed by atoms with Crippen molar-refractivity contribution in [2.24, 2.45) is 0 Å². The molecule has 0 radical (unpaired) electrons. The Morgan fingerprint density at radius 1 is 1.48 bits per heavy atom. The molecule has 2 rings (SSSR count). The molecule has 0 aliphatic heterocycles. The number of nitrogens with one attached hydrogen (secondary N) is 1. The summed E-state index contributed by atoms with van der Waals surface area (Å²) in [7, 11) is 0. The molecule has 1 aromatic carbocycles. The SMILES string of the molecule is Cc1ccn(C(C)C(=O)Nc2ccc([N+](=O)[O-])cc2O)n1. The van der Waals surface area contributed by atoms with Crippen molar-refractivity contribution >= 4 is 17.3 Å². The van der Waals surface area contributed by atoms with Crippen LogP contribution in [0.15, 0.2) is 30.5 Å². The van der Waals surface area contributed by atoms with Crippen LogP contribution in [-0.4, -0.2) is 25.7 Å².